The Hall–Kier alpha value is -2.70. The zero-order valence-electron chi connectivity index (χ0n) is 12.9. The van der Waals surface area contributed by atoms with Crippen LogP contribution in [-0.4, -0.2) is 20.7 Å². The lowest BCUT2D eigenvalue weighted by Crippen LogP contribution is -2.12. The highest BCUT2D eigenvalue weighted by molar-refractivity contribution is 5.77. The average Bonchev–Trinajstić information content (AvgIpc) is 3.22. The Morgan fingerprint density at radius 3 is 2.87 bits per heavy atom. The van der Waals surface area contributed by atoms with E-state index in [1.165, 1.54) is 6.07 Å². The molecular formula is C16H17N3O4. The van der Waals surface area contributed by atoms with E-state index in [1.54, 1.807) is 36.0 Å². The molecule has 0 radical (unpaired) electrons. The summed E-state index contributed by atoms with van der Waals surface area (Å²) in [5.41, 5.74) is 1.39. The highest BCUT2D eigenvalue weighted by atomic mass is 16.6. The molecule has 1 fully saturated rings. The van der Waals surface area contributed by atoms with E-state index in [1.807, 2.05) is 13.2 Å². The number of hydrogen-bond acceptors (Lipinski definition) is 5. The first kappa shape index (κ1) is 15.2. The van der Waals surface area contributed by atoms with E-state index >= 15 is 0 Å². The van der Waals surface area contributed by atoms with Crippen molar-refractivity contribution in [1.82, 2.24) is 9.78 Å². The Morgan fingerprint density at radius 1 is 1.48 bits per heavy atom. The van der Waals surface area contributed by atoms with E-state index in [-0.39, 0.29) is 23.5 Å². The SMILES string of the molecule is C[C@H](OC(=O)[C@H]1C[C@@H]1c1cnn(C)c1)c1ccccc1[N+](=O)[O-]. The topological polar surface area (TPSA) is 87.3 Å². The minimum Gasteiger partial charge on any atom is -0.457 e. The summed E-state index contributed by atoms with van der Waals surface area (Å²) < 4.78 is 7.14. The van der Waals surface area contributed by atoms with Crippen LogP contribution in [0.2, 0.25) is 0 Å². The Labute approximate surface area is 133 Å². The van der Waals surface area contributed by atoms with Crippen LogP contribution in [0.15, 0.2) is 36.7 Å². The fourth-order valence-corrected chi connectivity index (χ4v) is 2.78. The molecule has 1 saturated carbocycles. The number of hydrogen-bond donors (Lipinski definition) is 0. The van der Waals surface area contributed by atoms with Crippen molar-refractivity contribution in [3.63, 3.8) is 0 Å². The summed E-state index contributed by atoms with van der Waals surface area (Å²) in [5, 5.41) is 15.2. The fraction of sp³-hybridized carbons (Fsp3) is 0.375. The van der Waals surface area contributed by atoms with Crippen LogP contribution in [0.5, 0.6) is 0 Å². The molecule has 0 amide bonds. The number of aryl methyl sites for hydroxylation is 1. The smallest absolute Gasteiger partial charge is 0.310 e. The minimum absolute atomic E-state index is 0.0348. The maximum atomic E-state index is 12.2. The van der Waals surface area contributed by atoms with E-state index in [2.05, 4.69) is 5.10 Å². The van der Waals surface area contributed by atoms with Crippen molar-refractivity contribution in [3.8, 4) is 0 Å². The van der Waals surface area contributed by atoms with Gasteiger partial charge >= 0.3 is 5.97 Å². The molecule has 1 aromatic heterocycles. The molecule has 23 heavy (non-hydrogen) atoms. The molecule has 2 aromatic rings. The molecule has 1 aromatic carbocycles. The largest absolute Gasteiger partial charge is 0.457 e. The van der Waals surface area contributed by atoms with E-state index in [9.17, 15) is 14.9 Å². The number of rotatable bonds is 5. The second-order valence-electron chi connectivity index (χ2n) is 5.79. The van der Waals surface area contributed by atoms with Gasteiger partial charge in [-0.2, -0.15) is 5.10 Å². The Kier molecular flexibility index (Phi) is 3.85. The highest BCUT2D eigenvalue weighted by Crippen LogP contribution is 2.48. The molecule has 0 saturated heterocycles. The normalized spacial score (nSPS) is 20.8. The van der Waals surface area contributed by atoms with Crippen LogP contribution in [0, 0.1) is 16.0 Å². The Bertz CT molecular complexity index is 755. The van der Waals surface area contributed by atoms with E-state index in [0.29, 0.717) is 5.56 Å². The van der Waals surface area contributed by atoms with Crippen molar-refractivity contribution < 1.29 is 14.5 Å². The van der Waals surface area contributed by atoms with E-state index in [4.69, 9.17) is 4.74 Å². The average molecular weight is 315 g/mol. The van der Waals surface area contributed by atoms with Gasteiger partial charge in [0.2, 0.25) is 0 Å². The lowest BCUT2D eigenvalue weighted by molar-refractivity contribution is -0.386. The fourth-order valence-electron chi connectivity index (χ4n) is 2.78. The van der Waals surface area contributed by atoms with Crippen molar-refractivity contribution in [2.24, 2.45) is 13.0 Å². The second-order valence-corrected chi connectivity index (χ2v) is 5.79. The van der Waals surface area contributed by atoms with Crippen LogP contribution in [0.1, 0.15) is 36.5 Å². The number of carbonyl (C=O) groups is 1. The van der Waals surface area contributed by atoms with Gasteiger partial charge < -0.3 is 4.74 Å². The zero-order valence-corrected chi connectivity index (χ0v) is 12.9. The quantitative estimate of drug-likeness (QED) is 0.481. The predicted octanol–water partition coefficient (Wildman–Crippen LogP) is 2.74. The number of benzene rings is 1. The van der Waals surface area contributed by atoms with Gasteiger partial charge in [0.15, 0.2) is 0 Å². The van der Waals surface area contributed by atoms with Gasteiger partial charge in [-0.05, 0) is 25.0 Å². The third kappa shape index (κ3) is 3.08. The standard InChI is InChI=1S/C16H17N3O4/c1-10(12-5-3-4-6-15(12)19(21)22)23-16(20)14-7-13(14)11-8-17-18(2)9-11/h3-6,8-10,13-14H,7H2,1-2H3/t10-,13+,14-/m0/s1. The lowest BCUT2D eigenvalue weighted by atomic mass is 10.1. The van der Waals surface area contributed by atoms with E-state index in [0.717, 1.165) is 12.0 Å². The van der Waals surface area contributed by atoms with Crippen LogP contribution in [0.3, 0.4) is 0 Å². The van der Waals surface area contributed by atoms with Gasteiger partial charge in [-0.15, -0.1) is 0 Å². The van der Waals surface area contributed by atoms with Crippen LogP contribution in [-0.2, 0) is 16.6 Å². The first-order valence-corrected chi connectivity index (χ1v) is 7.39. The third-order valence-electron chi connectivity index (χ3n) is 4.11. The monoisotopic (exact) mass is 315 g/mol. The molecule has 3 atom stereocenters. The maximum Gasteiger partial charge on any atom is 0.310 e. The lowest BCUT2D eigenvalue weighted by Gasteiger charge is -2.13. The number of nitrogens with zero attached hydrogens (tertiary/aromatic N) is 3. The van der Waals surface area contributed by atoms with Gasteiger partial charge in [0.05, 0.1) is 22.6 Å². The maximum absolute atomic E-state index is 12.2. The molecule has 3 rings (SSSR count). The van der Waals surface area contributed by atoms with Gasteiger partial charge in [0.25, 0.3) is 5.69 Å². The van der Waals surface area contributed by atoms with Crippen molar-refractivity contribution in [1.29, 1.82) is 0 Å². The molecule has 1 aliphatic carbocycles. The van der Waals surface area contributed by atoms with Gasteiger partial charge in [0.1, 0.15) is 6.10 Å². The highest BCUT2D eigenvalue weighted by Gasteiger charge is 2.46. The van der Waals surface area contributed by atoms with Gasteiger partial charge in [-0.1, -0.05) is 12.1 Å². The van der Waals surface area contributed by atoms with Crippen molar-refractivity contribution >= 4 is 11.7 Å². The zero-order chi connectivity index (χ0) is 16.6. The Balaban J connectivity index is 1.66. The minimum atomic E-state index is -0.653. The van der Waals surface area contributed by atoms with Crippen molar-refractivity contribution in [2.45, 2.75) is 25.4 Å². The van der Waals surface area contributed by atoms with Gasteiger partial charge in [-0.3, -0.25) is 19.6 Å². The molecular weight excluding hydrogens is 298 g/mol. The number of aromatic nitrogens is 2. The predicted molar refractivity (Wildman–Crippen MR) is 81.7 cm³/mol. The molecule has 1 heterocycles. The molecule has 0 aliphatic heterocycles. The number of ether oxygens (including phenoxy) is 1. The van der Waals surface area contributed by atoms with Crippen LogP contribution in [0.25, 0.3) is 0 Å². The molecule has 0 bridgehead atoms. The van der Waals surface area contributed by atoms with Crippen LogP contribution in [0.4, 0.5) is 5.69 Å². The van der Waals surface area contributed by atoms with Crippen molar-refractivity contribution in [3.05, 3.63) is 57.9 Å². The second kappa shape index (κ2) is 5.83. The number of carbonyl (C=O) groups excluding carboxylic acids is 1. The molecule has 120 valence electrons. The molecule has 0 unspecified atom stereocenters. The number of para-hydroxylation sites is 1. The summed E-state index contributed by atoms with van der Waals surface area (Å²) >= 11 is 0. The molecule has 0 spiro atoms. The first-order valence-electron chi connectivity index (χ1n) is 7.39. The molecule has 0 N–H and O–H groups in total. The summed E-state index contributed by atoms with van der Waals surface area (Å²) in [7, 11) is 1.83. The summed E-state index contributed by atoms with van der Waals surface area (Å²) in [6.07, 6.45) is 3.72. The van der Waals surface area contributed by atoms with Crippen LogP contribution >= 0.6 is 0 Å². The first-order chi connectivity index (χ1) is 11.0. The number of nitro groups is 1. The Morgan fingerprint density at radius 2 is 2.22 bits per heavy atom. The number of esters is 1. The van der Waals surface area contributed by atoms with Crippen molar-refractivity contribution in [2.75, 3.05) is 0 Å². The summed E-state index contributed by atoms with van der Waals surface area (Å²) in [5.74, 6) is -0.372. The molecule has 7 nitrogen and oxygen atoms in total. The summed E-state index contributed by atoms with van der Waals surface area (Å²) in [6, 6.07) is 6.31. The van der Waals surface area contributed by atoms with Gasteiger partial charge in [-0.25, -0.2) is 0 Å². The number of nitro benzene ring substituents is 1. The van der Waals surface area contributed by atoms with Gasteiger partial charge in [0, 0.05) is 25.2 Å². The molecule has 1 aliphatic rings. The summed E-state index contributed by atoms with van der Waals surface area (Å²) in [6.45, 7) is 1.65. The summed E-state index contributed by atoms with van der Waals surface area (Å²) in [4.78, 5) is 22.8. The van der Waals surface area contributed by atoms with E-state index < -0.39 is 11.0 Å². The third-order valence-corrected chi connectivity index (χ3v) is 4.11. The molecule has 7 heteroatoms. The van der Waals surface area contributed by atoms with Crippen LogP contribution < -0.4 is 0 Å².